The number of Topliss-reactive ketones (excluding diaryl/α,β-unsaturated/α-hetero) is 1. The highest BCUT2D eigenvalue weighted by atomic mass is 32.2. The highest BCUT2D eigenvalue weighted by Gasteiger charge is 2.09. The van der Waals surface area contributed by atoms with E-state index in [1.807, 2.05) is 74.4 Å². The smallest absolute Gasteiger partial charge is 0.240 e. The van der Waals surface area contributed by atoms with Crippen molar-refractivity contribution in [3.05, 3.63) is 65.2 Å². The molecule has 0 aliphatic heterocycles. The van der Waals surface area contributed by atoms with Crippen LogP contribution in [0.15, 0.2) is 58.8 Å². The van der Waals surface area contributed by atoms with Gasteiger partial charge in [0.25, 0.3) is 0 Å². The van der Waals surface area contributed by atoms with Crippen LogP contribution in [0.3, 0.4) is 0 Å². The average molecular weight is 395 g/mol. The van der Waals surface area contributed by atoms with Crippen LogP contribution in [0.2, 0.25) is 0 Å². The minimum atomic E-state index is 0.0449. The molecule has 0 spiro atoms. The van der Waals surface area contributed by atoms with Crippen molar-refractivity contribution in [3.63, 3.8) is 0 Å². The Bertz CT molecular complexity index is 948. The maximum atomic E-state index is 12.2. The van der Waals surface area contributed by atoms with Gasteiger partial charge in [-0.2, -0.15) is 10.1 Å². The van der Waals surface area contributed by atoms with E-state index in [-0.39, 0.29) is 11.5 Å². The number of anilines is 2. The Morgan fingerprint density at radius 1 is 1.18 bits per heavy atom. The number of aryl methyl sites for hydroxylation is 1. The van der Waals surface area contributed by atoms with Crippen molar-refractivity contribution < 1.29 is 4.79 Å². The van der Waals surface area contributed by atoms with Gasteiger partial charge in [-0.25, -0.2) is 10.5 Å². The zero-order chi connectivity index (χ0) is 19.9. The summed E-state index contributed by atoms with van der Waals surface area (Å²) in [6.45, 7) is 1.99. The Morgan fingerprint density at radius 2 is 1.89 bits per heavy atom. The number of rotatable bonds is 8. The summed E-state index contributed by atoms with van der Waals surface area (Å²) in [7, 11) is 4.00. The first-order chi connectivity index (χ1) is 13.5. The van der Waals surface area contributed by atoms with Crippen molar-refractivity contribution in [3.8, 4) is 0 Å². The fraction of sp³-hybridized carbons (Fsp3) is 0.200. The molecular formula is C20H22N6OS. The lowest BCUT2D eigenvalue weighted by Crippen LogP contribution is -2.08. The summed E-state index contributed by atoms with van der Waals surface area (Å²) in [5, 5.41) is 11.5. The van der Waals surface area contributed by atoms with Gasteiger partial charge in [-0.05, 0) is 24.6 Å². The van der Waals surface area contributed by atoms with Gasteiger partial charge >= 0.3 is 0 Å². The third-order valence-corrected chi connectivity index (χ3v) is 4.81. The molecule has 8 heteroatoms. The number of carbonyl (C=O) groups is 1. The Labute approximate surface area is 168 Å². The zero-order valence-corrected chi connectivity index (χ0v) is 16.8. The number of nitrogens with zero attached hydrogens (tertiary/aromatic N) is 4. The molecular weight excluding hydrogens is 372 g/mol. The van der Waals surface area contributed by atoms with Gasteiger partial charge < -0.3 is 4.90 Å². The molecule has 2 N–H and O–H groups in total. The van der Waals surface area contributed by atoms with Gasteiger partial charge in [-0.15, -0.1) is 5.10 Å². The molecule has 0 radical (unpaired) electrons. The van der Waals surface area contributed by atoms with Crippen molar-refractivity contribution in [2.24, 2.45) is 5.10 Å². The van der Waals surface area contributed by atoms with E-state index in [9.17, 15) is 4.79 Å². The highest BCUT2D eigenvalue weighted by molar-refractivity contribution is 7.99. The Morgan fingerprint density at radius 3 is 2.57 bits per heavy atom. The monoisotopic (exact) mass is 394 g/mol. The molecule has 0 aliphatic rings. The predicted octanol–water partition coefficient (Wildman–Crippen LogP) is 3.60. The summed E-state index contributed by atoms with van der Waals surface area (Å²) in [5.74, 6) is 0.747. The van der Waals surface area contributed by atoms with Gasteiger partial charge in [0.2, 0.25) is 11.1 Å². The summed E-state index contributed by atoms with van der Waals surface area (Å²) in [5.41, 5.74) is 6.72. The predicted molar refractivity (Wildman–Crippen MR) is 115 cm³/mol. The lowest BCUT2D eigenvalue weighted by Gasteiger charge is -2.11. The molecule has 0 saturated carbocycles. The molecule has 3 rings (SSSR count). The summed E-state index contributed by atoms with van der Waals surface area (Å²) in [6, 6.07) is 15.5. The van der Waals surface area contributed by atoms with Crippen LogP contribution in [0.4, 0.5) is 11.6 Å². The minimum absolute atomic E-state index is 0.0449. The van der Waals surface area contributed by atoms with Crippen LogP contribution in [0.1, 0.15) is 21.5 Å². The molecule has 0 unspecified atom stereocenters. The molecule has 28 heavy (non-hydrogen) atoms. The lowest BCUT2D eigenvalue weighted by molar-refractivity contribution is 0.102. The van der Waals surface area contributed by atoms with Crippen molar-refractivity contribution in [1.82, 2.24) is 15.2 Å². The zero-order valence-electron chi connectivity index (χ0n) is 16.0. The normalized spacial score (nSPS) is 11.0. The molecule has 2 aromatic carbocycles. The standard InChI is InChI=1S/C20H22N6OS/c1-14-4-8-16(9-5-14)18(27)13-28-20-22-19(24-25-20)23-21-12-15-6-10-17(11-7-15)26(2)3/h4-12H,13H2,1-3H3,(H2,22,23,24,25)/b21-12-. The maximum Gasteiger partial charge on any atom is 0.240 e. The second kappa shape index (κ2) is 9.18. The molecule has 0 saturated heterocycles. The van der Waals surface area contributed by atoms with E-state index in [1.54, 1.807) is 6.21 Å². The number of H-pyrrole nitrogens is 1. The number of nitrogens with one attached hydrogen (secondary N) is 2. The van der Waals surface area contributed by atoms with Crippen LogP contribution in [0.5, 0.6) is 0 Å². The molecule has 1 heterocycles. The van der Waals surface area contributed by atoms with Gasteiger partial charge in [0, 0.05) is 25.3 Å². The Kier molecular flexibility index (Phi) is 6.44. The first-order valence-corrected chi connectivity index (χ1v) is 9.71. The number of hydrazone groups is 1. The molecule has 0 amide bonds. The number of hydrogen-bond donors (Lipinski definition) is 2. The lowest BCUT2D eigenvalue weighted by atomic mass is 10.1. The second-order valence-corrected chi connectivity index (χ2v) is 7.34. The van der Waals surface area contributed by atoms with Gasteiger partial charge in [-0.1, -0.05) is 53.7 Å². The van der Waals surface area contributed by atoms with Crippen LogP contribution in [0.25, 0.3) is 0 Å². The molecule has 0 atom stereocenters. The number of ketones is 1. The second-order valence-electron chi connectivity index (χ2n) is 6.40. The highest BCUT2D eigenvalue weighted by Crippen LogP contribution is 2.16. The molecule has 1 aromatic heterocycles. The topological polar surface area (TPSA) is 86.3 Å². The number of aromatic nitrogens is 3. The van der Waals surface area contributed by atoms with Crippen LogP contribution in [-0.2, 0) is 0 Å². The number of thioether (sulfide) groups is 1. The maximum absolute atomic E-state index is 12.2. The van der Waals surface area contributed by atoms with E-state index >= 15 is 0 Å². The van der Waals surface area contributed by atoms with Crippen molar-refractivity contribution in [2.75, 3.05) is 30.2 Å². The van der Waals surface area contributed by atoms with E-state index in [2.05, 4.69) is 25.7 Å². The van der Waals surface area contributed by atoms with Gasteiger partial charge in [0.1, 0.15) is 0 Å². The number of benzene rings is 2. The number of hydrogen-bond acceptors (Lipinski definition) is 7. The first kappa shape index (κ1) is 19.6. The quantitative estimate of drug-likeness (QED) is 0.263. The summed E-state index contributed by atoms with van der Waals surface area (Å²) in [4.78, 5) is 18.5. The van der Waals surface area contributed by atoms with Crippen LogP contribution >= 0.6 is 11.8 Å². The fourth-order valence-electron chi connectivity index (χ4n) is 2.34. The summed E-state index contributed by atoms with van der Waals surface area (Å²) < 4.78 is 0. The van der Waals surface area contributed by atoms with Crippen molar-refractivity contribution in [1.29, 1.82) is 0 Å². The van der Waals surface area contributed by atoms with E-state index in [0.29, 0.717) is 16.7 Å². The largest absolute Gasteiger partial charge is 0.378 e. The van der Waals surface area contributed by atoms with Gasteiger partial charge in [0.05, 0.1) is 12.0 Å². The summed E-state index contributed by atoms with van der Waals surface area (Å²) >= 11 is 1.28. The van der Waals surface area contributed by atoms with Crippen molar-refractivity contribution >= 4 is 35.4 Å². The van der Waals surface area contributed by atoms with E-state index in [1.165, 1.54) is 11.8 Å². The average Bonchev–Trinajstić information content (AvgIpc) is 3.15. The van der Waals surface area contributed by atoms with Gasteiger partial charge in [0.15, 0.2) is 5.78 Å². The SMILES string of the molecule is Cc1ccc(C(=O)CSc2n[nH]c(N/N=C\c3ccc(N(C)C)cc3)n2)cc1. The minimum Gasteiger partial charge on any atom is -0.378 e. The summed E-state index contributed by atoms with van der Waals surface area (Å²) in [6.07, 6.45) is 1.70. The third kappa shape index (κ3) is 5.43. The molecule has 0 bridgehead atoms. The van der Waals surface area contributed by atoms with Crippen LogP contribution < -0.4 is 10.3 Å². The Hall–Kier alpha value is -3.13. The van der Waals surface area contributed by atoms with Crippen LogP contribution in [-0.4, -0.2) is 47.0 Å². The molecule has 3 aromatic rings. The molecule has 0 aliphatic carbocycles. The molecule has 0 fully saturated rings. The van der Waals surface area contributed by atoms with E-state index < -0.39 is 0 Å². The third-order valence-electron chi connectivity index (χ3n) is 3.96. The van der Waals surface area contributed by atoms with Crippen molar-refractivity contribution in [2.45, 2.75) is 12.1 Å². The van der Waals surface area contributed by atoms with E-state index in [0.717, 1.165) is 16.8 Å². The number of carbonyl (C=O) groups excluding carboxylic acids is 1. The van der Waals surface area contributed by atoms with E-state index in [4.69, 9.17) is 0 Å². The Balaban J connectivity index is 1.49. The molecule has 7 nitrogen and oxygen atoms in total. The van der Waals surface area contributed by atoms with Crippen LogP contribution in [0, 0.1) is 6.92 Å². The first-order valence-electron chi connectivity index (χ1n) is 8.73. The fourth-order valence-corrected chi connectivity index (χ4v) is 3.03. The number of aromatic amines is 1. The van der Waals surface area contributed by atoms with Gasteiger partial charge in [-0.3, -0.25) is 4.79 Å². The molecule has 144 valence electrons.